The van der Waals surface area contributed by atoms with E-state index in [1.807, 2.05) is 18.2 Å². The van der Waals surface area contributed by atoms with Gasteiger partial charge in [0.25, 0.3) is 0 Å². The largest absolute Gasteiger partial charge is 0.497 e. The molecule has 1 heterocycles. The van der Waals surface area contributed by atoms with Gasteiger partial charge in [0.15, 0.2) is 0 Å². The summed E-state index contributed by atoms with van der Waals surface area (Å²) >= 11 is 0. The molecule has 2 heteroatoms. The molecule has 0 atom stereocenters. The second kappa shape index (κ2) is 4.22. The summed E-state index contributed by atoms with van der Waals surface area (Å²) in [5, 5.41) is 1.25. The van der Waals surface area contributed by atoms with E-state index in [2.05, 4.69) is 42.2 Å². The second-order valence-corrected chi connectivity index (χ2v) is 4.40. The Morgan fingerprint density at radius 1 is 1.00 bits per heavy atom. The minimum absolute atomic E-state index is 0.878. The topological polar surface area (TPSA) is 25.0 Å². The van der Waals surface area contributed by atoms with Crippen molar-refractivity contribution in [1.82, 2.24) is 4.98 Å². The number of aryl methyl sites for hydroxylation is 1. The summed E-state index contributed by atoms with van der Waals surface area (Å²) in [5.41, 5.74) is 4.79. The fourth-order valence-electron chi connectivity index (χ4n) is 2.34. The first-order valence-corrected chi connectivity index (χ1v) is 6.01. The fourth-order valence-corrected chi connectivity index (χ4v) is 2.34. The Hall–Kier alpha value is -2.22. The highest BCUT2D eigenvalue weighted by atomic mass is 16.5. The lowest BCUT2D eigenvalue weighted by molar-refractivity contribution is 0.415. The van der Waals surface area contributed by atoms with Crippen LogP contribution in [-0.4, -0.2) is 12.1 Å². The first-order valence-electron chi connectivity index (χ1n) is 6.01. The molecule has 0 saturated heterocycles. The first-order chi connectivity index (χ1) is 8.79. The van der Waals surface area contributed by atoms with E-state index >= 15 is 0 Å². The number of aromatic amines is 1. The number of rotatable bonds is 2. The van der Waals surface area contributed by atoms with Gasteiger partial charge in [0.2, 0.25) is 0 Å². The van der Waals surface area contributed by atoms with E-state index in [-0.39, 0.29) is 0 Å². The zero-order valence-corrected chi connectivity index (χ0v) is 10.5. The van der Waals surface area contributed by atoms with Crippen molar-refractivity contribution >= 4 is 10.9 Å². The zero-order chi connectivity index (χ0) is 12.5. The lowest BCUT2D eigenvalue weighted by atomic mass is 10.1. The Morgan fingerprint density at radius 3 is 2.50 bits per heavy atom. The van der Waals surface area contributed by atoms with Crippen LogP contribution in [0.4, 0.5) is 0 Å². The molecule has 0 unspecified atom stereocenters. The molecule has 2 nitrogen and oxygen atoms in total. The van der Waals surface area contributed by atoms with Crippen LogP contribution in [0.2, 0.25) is 0 Å². The fraction of sp³-hybridized carbons (Fsp3) is 0.125. The quantitative estimate of drug-likeness (QED) is 0.711. The summed E-state index contributed by atoms with van der Waals surface area (Å²) in [5.74, 6) is 0.878. The van der Waals surface area contributed by atoms with Crippen LogP contribution in [0.1, 0.15) is 5.56 Å². The van der Waals surface area contributed by atoms with Gasteiger partial charge in [-0.3, -0.25) is 0 Å². The van der Waals surface area contributed by atoms with Crippen molar-refractivity contribution in [3.63, 3.8) is 0 Å². The normalized spacial score (nSPS) is 10.8. The lowest BCUT2D eigenvalue weighted by Gasteiger charge is -1.99. The number of hydrogen-bond donors (Lipinski definition) is 1. The number of fused-ring (bicyclic) bond motifs is 1. The van der Waals surface area contributed by atoms with Crippen LogP contribution in [0.3, 0.4) is 0 Å². The van der Waals surface area contributed by atoms with Gasteiger partial charge in [-0.05, 0) is 30.2 Å². The smallest absolute Gasteiger partial charge is 0.120 e. The third-order valence-corrected chi connectivity index (χ3v) is 3.33. The minimum Gasteiger partial charge on any atom is -0.497 e. The molecule has 0 aliphatic rings. The van der Waals surface area contributed by atoms with Gasteiger partial charge in [0, 0.05) is 22.7 Å². The molecule has 0 aliphatic carbocycles. The van der Waals surface area contributed by atoms with E-state index in [1.165, 1.54) is 22.2 Å². The van der Waals surface area contributed by atoms with Crippen molar-refractivity contribution in [2.45, 2.75) is 6.92 Å². The van der Waals surface area contributed by atoms with Crippen molar-refractivity contribution in [1.29, 1.82) is 0 Å². The van der Waals surface area contributed by atoms with Crippen LogP contribution in [0.5, 0.6) is 5.75 Å². The van der Waals surface area contributed by atoms with Gasteiger partial charge in [-0.25, -0.2) is 0 Å². The van der Waals surface area contributed by atoms with Crippen LogP contribution in [0, 0.1) is 6.92 Å². The van der Waals surface area contributed by atoms with Gasteiger partial charge in [0.1, 0.15) is 5.75 Å². The van der Waals surface area contributed by atoms with Gasteiger partial charge in [0.05, 0.1) is 7.11 Å². The van der Waals surface area contributed by atoms with E-state index in [1.54, 1.807) is 7.11 Å². The predicted molar refractivity (Wildman–Crippen MR) is 75.0 cm³/mol. The Balaban J connectivity index is 2.23. The lowest BCUT2D eigenvalue weighted by Crippen LogP contribution is -1.81. The third-order valence-electron chi connectivity index (χ3n) is 3.33. The van der Waals surface area contributed by atoms with Gasteiger partial charge < -0.3 is 9.72 Å². The molecule has 0 aliphatic heterocycles. The molecular weight excluding hydrogens is 222 g/mol. The second-order valence-electron chi connectivity index (χ2n) is 4.40. The summed E-state index contributed by atoms with van der Waals surface area (Å²) in [6.07, 6.45) is 0. The average molecular weight is 237 g/mol. The van der Waals surface area contributed by atoms with Gasteiger partial charge in [-0.2, -0.15) is 0 Å². The zero-order valence-electron chi connectivity index (χ0n) is 10.5. The number of methoxy groups -OCH3 is 1. The Morgan fingerprint density at radius 2 is 1.78 bits per heavy atom. The highest BCUT2D eigenvalue weighted by molar-refractivity contribution is 5.91. The molecule has 0 amide bonds. The molecule has 0 radical (unpaired) electrons. The molecule has 0 fully saturated rings. The molecule has 18 heavy (non-hydrogen) atoms. The molecule has 3 rings (SSSR count). The Kier molecular flexibility index (Phi) is 2.56. The number of benzene rings is 2. The van der Waals surface area contributed by atoms with Crippen molar-refractivity contribution in [2.24, 2.45) is 0 Å². The maximum absolute atomic E-state index is 5.26. The molecule has 2 aromatic carbocycles. The molecule has 1 N–H and O–H groups in total. The molecule has 0 spiro atoms. The van der Waals surface area contributed by atoms with Crippen LogP contribution >= 0.6 is 0 Å². The highest BCUT2D eigenvalue weighted by Gasteiger charge is 2.09. The van der Waals surface area contributed by atoms with E-state index in [0.717, 1.165) is 11.3 Å². The summed E-state index contributed by atoms with van der Waals surface area (Å²) in [7, 11) is 1.69. The number of aromatic nitrogens is 1. The Bertz CT molecular complexity index is 683. The van der Waals surface area contributed by atoms with Crippen LogP contribution < -0.4 is 4.74 Å². The van der Waals surface area contributed by atoms with E-state index < -0.39 is 0 Å². The summed E-state index contributed by atoms with van der Waals surface area (Å²) < 4.78 is 5.26. The van der Waals surface area contributed by atoms with E-state index in [0.29, 0.717) is 0 Å². The Labute approximate surface area is 106 Å². The van der Waals surface area contributed by atoms with Gasteiger partial charge in [-0.15, -0.1) is 0 Å². The van der Waals surface area contributed by atoms with E-state index in [9.17, 15) is 0 Å². The maximum Gasteiger partial charge on any atom is 0.120 e. The molecule has 0 saturated carbocycles. The van der Waals surface area contributed by atoms with Crippen LogP contribution in [0.15, 0.2) is 48.5 Å². The van der Waals surface area contributed by atoms with Crippen molar-refractivity contribution in [3.8, 4) is 17.0 Å². The van der Waals surface area contributed by atoms with Gasteiger partial charge in [-0.1, -0.05) is 30.3 Å². The monoisotopic (exact) mass is 237 g/mol. The molecule has 0 bridgehead atoms. The predicted octanol–water partition coefficient (Wildman–Crippen LogP) is 4.15. The molecular formula is C16H15NO. The number of hydrogen-bond acceptors (Lipinski definition) is 1. The first kappa shape index (κ1) is 10.9. The SMILES string of the molecule is COc1ccc2c(C)c(-c3ccccc3)[nH]c2c1. The highest BCUT2D eigenvalue weighted by Crippen LogP contribution is 2.31. The molecule has 90 valence electrons. The average Bonchev–Trinajstić information content (AvgIpc) is 2.76. The number of nitrogens with one attached hydrogen (secondary N) is 1. The van der Waals surface area contributed by atoms with Crippen LogP contribution in [0.25, 0.3) is 22.2 Å². The summed E-state index contributed by atoms with van der Waals surface area (Å²) in [6.45, 7) is 2.15. The number of H-pyrrole nitrogens is 1. The molecule has 3 aromatic rings. The summed E-state index contributed by atoms with van der Waals surface area (Å²) in [4.78, 5) is 3.47. The third kappa shape index (κ3) is 1.66. The van der Waals surface area contributed by atoms with Crippen molar-refractivity contribution < 1.29 is 4.74 Å². The molecule has 1 aromatic heterocycles. The minimum atomic E-state index is 0.878. The van der Waals surface area contributed by atoms with Crippen molar-refractivity contribution in [2.75, 3.05) is 7.11 Å². The van der Waals surface area contributed by atoms with Crippen molar-refractivity contribution in [3.05, 3.63) is 54.1 Å². The summed E-state index contributed by atoms with van der Waals surface area (Å²) in [6, 6.07) is 16.5. The maximum atomic E-state index is 5.26. The standard InChI is InChI=1S/C16H15NO/c1-11-14-9-8-13(18-2)10-15(14)17-16(11)12-6-4-3-5-7-12/h3-10,17H,1-2H3. The van der Waals surface area contributed by atoms with Gasteiger partial charge >= 0.3 is 0 Å². The van der Waals surface area contributed by atoms with E-state index in [4.69, 9.17) is 4.74 Å². The van der Waals surface area contributed by atoms with Crippen LogP contribution in [-0.2, 0) is 0 Å². The number of ether oxygens (including phenoxy) is 1.